The van der Waals surface area contributed by atoms with E-state index < -0.39 is 52.0 Å². The van der Waals surface area contributed by atoms with Crippen LogP contribution in [0.3, 0.4) is 0 Å². The molecular weight excluding hydrogens is 381 g/mol. The van der Waals surface area contributed by atoms with E-state index >= 15 is 0 Å². The molecule has 0 aromatic heterocycles. The topological polar surface area (TPSA) is 147 Å². The highest BCUT2D eigenvalue weighted by Crippen LogP contribution is 2.24. The number of nitrogens with two attached hydrogens (primary N) is 1. The normalized spacial score (nSPS) is 11.5. The zero-order valence-electron chi connectivity index (χ0n) is 12.4. The first-order valence-corrected chi connectivity index (χ1v) is 7.98. The maximum atomic E-state index is 12.3. The number of nitrogens with one attached hydrogen (secondary N) is 3. The molecule has 0 heterocycles. The van der Waals surface area contributed by atoms with Gasteiger partial charge in [-0.2, -0.15) is 13.2 Å². The van der Waals surface area contributed by atoms with Crippen LogP contribution in [0.2, 0.25) is 0 Å². The van der Waals surface area contributed by atoms with Crippen molar-refractivity contribution in [1.82, 2.24) is 15.4 Å². The van der Waals surface area contributed by atoms with Gasteiger partial charge in [0.2, 0.25) is 0 Å². The molecule has 0 saturated heterocycles. The molecule has 0 aliphatic rings. The quantitative estimate of drug-likeness (QED) is 0.600. The first-order valence-electron chi connectivity index (χ1n) is 6.49. The van der Waals surface area contributed by atoms with E-state index in [-0.39, 0.29) is 5.56 Å². The fourth-order valence-electron chi connectivity index (χ4n) is 1.70. The number of halogens is 3. The van der Waals surface area contributed by atoms with E-state index in [2.05, 4.69) is 5.73 Å². The molecule has 0 unspecified atom stereocenters. The molecule has 0 bridgehead atoms. The molecule has 0 fully saturated rings. The lowest BCUT2D eigenvalue weighted by Crippen LogP contribution is -2.49. The molecule has 0 spiro atoms. The zero-order valence-corrected chi connectivity index (χ0v) is 13.2. The Kier molecular flexibility index (Phi) is 6.33. The molecule has 0 atom stereocenters. The number of hydrogen-bond acceptors (Lipinski definition) is 5. The first kappa shape index (κ1) is 20.2. The Bertz CT molecular complexity index is 779. The number of sulfonamides is 1. The number of carbonyl (C=O) groups excluding carboxylic acids is 3. The minimum atomic E-state index is -4.56. The van der Waals surface area contributed by atoms with E-state index in [1.807, 2.05) is 0 Å². The molecule has 13 heteroatoms. The third kappa shape index (κ3) is 7.07. The molecule has 5 N–H and O–H groups in total. The van der Waals surface area contributed by atoms with Crippen LogP contribution in [0, 0.1) is 0 Å². The lowest BCUT2D eigenvalue weighted by atomic mass is 10.4. The first-order chi connectivity index (χ1) is 11.4. The zero-order chi connectivity index (χ0) is 19.3. The largest absolute Gasteiger partial charge is 0.389 e. The highest BCUT2D eigenvalue weighted by Gasteiger charge is 2.29. The molecule has 0 aliphatic heterocycles. The van der Waals surface area contributed by atoms with Gasteiger partial charge in [-0.05, 0) is 18.1 Å². The Labute approximate surface area is 139 Å². The summed E-state index contributed by atoms with van der Waals surface area (Å²) in [4.78, 5) is 32.4. The summed E-state index contributed by atoms with van der Waals surface area (Å²) >= 11 is 0. The van der Waals surface area contributed by atoms with E-state index in [4.69, 9.17) is 0 Å². The smallest absolute Gasteiger partial charge is 0.351 e. The Morgan fingerprint density at radius 2 is 1.64 bits per heavy atom. The number of carbonyl (C=O) groups is 3. The molecule has 0 aliphatic carbocycles. The highest BCUT2D eigenvalue weighted by atomic mass is 32.2. The molecule has 9 nitrogen and oxygen atoms in total. The summed E-state index contributed by atoms with van der Waals surface area (Å²) in [6.07, 6.45) is -6.37. The Morgan fingerprint density at radius 3 is 2.20 bits per heavy atom. The SMILES string of the molecule is NC(=O)NC(=O)NC(=O)NS(=O)(=O)[14c]1[14cH][14cH][14cH][14cH][14c]1CCC(F)(F)F. The van der Waals surface area contributed by atoms with Gasteiger partial charge in [0.25, 0.3) is 10.0 Å². The van der Waals surface area contributed by atoms with Gasteiger partial charge >= 0.3 is 24.3 Å². The van der Waals surface area contributed by atoms with Gasteiger partial charge in [0.05, 0.1) is 4.90 Å². The third-order valence-electron chi connectivity index (χ3n) is 2.63. The lowest BCUT2D eigenvalue weighted by molar-refractivity contribution is -0.134. The van der Waals surface area contributed by atoms with E-state index in [1.54, 1.807) is 0 Å². The standard InChI is InChI=1S/C12H13F3N4O5S/c13-12(14,15)6-5-7-3-1-2-4-8(7)25(23,24)19-11(22)18-10(21)17-9(16)20/h1-4H,5-6H2,(H5,16,17,18,19,20,21,22)/i1+2,2+2,3+2,4+2,7+2,8+2. The molecule has 25 heavy (non-hydrogen) atoms. The predicted molar refractivity (Wildman–Crippen MR) is 77.8 cm³/mol. The van der Waals surface area contributed by atoms with Crippen LogP contribution in [0.4, 0.5) is 27.6 Å². The van der Waals surface area contributed by atoms with Gasteiger partial charge in [-0.25, -0.2) is 27.5 Å². The molecule has 138 valence electrons. The minimum Gasteiger partial charge on any atom is -0.351 e. The molecular formula is C12H13F3N4O5S. The van der Waals surface area contributed by atoms with Crippen molar-refractivity contribution in [2.24, 2.45) is 5.73 Å². The van der Waals surface area contributed by atoms with E-state index in [0.29, 0.717) is 0 Å². The predicted octanol–water partition coefficient (Wildman–Crippen LogP) is 0.958. The Morgan fingerprint density at radius 1 is 1.04 bits per heavy atom. The second-order valence-corrected chi connectivity index (χ2v) is 6.25. The summed E-state index contributed by atoms with van der Waals surface area (Å²) < 4.78 is 62.6. The fraction of sp³-hybridized carbons (Fsp3) is 0.250. The van der Waals surface area contributed by atoms with Crippen LogP contribution in [0.1, 0.15) is 12.0 Å². The molecule has 1 rings (SSSR count). The Balaban J connectivity index is 2.90. The second kappa shape index (κ2) is 7.83. The van der Waals surface area contributed by atoms with Crippen molar-refractivity contribution in [3.8, 4) is 0 Å². The monoisotopic (exact) mass is 394 g/mol. The van der Waals surface area contributed by atoms with Crippen LogP contribution >= 0.6 is 0 Å². The number of imide groups is 2. The summed E-state index contributed by atoms with van der Waals surface area (Å²) in [5.41, 5.74) is 4.46. The second-order valence-electron chi connectivity index (χ2n) is 4.60. The van der Waals surface area contributed by atoms with E-state index in [9.17, 15) is 36.0 Å². The van der Waals surface area contributed by atoms with Crippen LogP contribution in [-0.2, 0) is 16.4 Å². The van der Waals surface area contributed by atoms with Crippen molar-refractivity contribution < 1.29 is 36.0 Å². The molecule has 0 radical (unpaired) electrons. The summed E-state index contributed by atoms with van der Waals surface area (Å²) in [7, 11) is -4.56. The van der Waals surface area contributed by atoms with Gasteiger partial charge in [0, 0.05) is 6.42 Å². The third-order valence-corrected chi connectivity index (χ3v) is 4.06. The van der Waals surface area contributed by atoms with Crippen molar-refractivity contribution >= 4 is 28.1 Å². The number of aryl methyl sites for hydroxylation is 1. The Hall–Kier alpha value is -2.83. The number of rotatable bonds is 4. The van der Waals surface area contributed by atoms with Gasteiger partial charge in [0.15, 0.2) is 0 Å². The number of urea groups is 3. The molecule has 1 aromatic rings. The van der Waals surface area contributed by atoms with Gasteiger partial charge in [-0.15, -0.1) is 0 Å². The van der Waals surface area contributed by atoms with Crippen LogP contribution in [0.5, 0.6) is 0 Å². The van der Waals surface area contributed by atoms with Gasteiger partial charge in [-0.1, -0.05) is 18.2 Å². The number of amides is 6. The average Bonchev–Trinajstić information content (AvgIpc) is 2.42. The summed E-state index contributed by atoms with van der Waals surface area (Å²) in [5.74, 6) is 0. The van der Waals surface area contributed by atoms with Crippen molar-refractivity contribution in [2.45, 2.75) is 23.9 Å². The number of primary amides is 1. The maximum Gasteiger partial charge on any atom is 0.389 e. The number of hydrogen-bond donors (Lipinski definition) is 4. The van der Waals surface area contributed by atoms with Crippen molar-refractivity contribution in [3.63, 3.8) is 0 Å². The van der Waals surface area contributed by atoms with Gasteiger partial charge in [0.1, 0.15) is 0 Å². The fourth-order valence-corrected chi connectivity index (χ4v) is 2.88. The number of alkyl halides is 3. The van der Waals surface area contributed by atoms with E-state index in [1.165, 1.54) is 27.5 Å². The van der Waals surface area contributed by atoms with E-state index in [0.717, 1.165) is 12.1 Å². The molecule has 0 saturated carbocycles. The average molecular weight is 394 g/mol. The van der Waals surface area contributed by atoms with Crippen LogP contribution in [0.25, 0.3) is 0 Å². The molecule has 1 aromatic carbocycles. The molecule has 6 amide bonds. The van der Waals surface area contributed by atoms with Crippen LogP contribution < -0.4 is 21.1 Å². The van der Waals surface area contributed by atoms with Crippen molar-refractivity contribution in [2.75, 3.05) is 0 Å². The van der Waals surface area contributed by atoms with Gasteiger partial charge < -0.3 is 5.73 Å². The highest BCUT2D eigenvalue weighted by molar-refractivity contribution is 7.90. The minimum absolute atomic E-state index is 0.165. The lowest BCUT2D eigenvalue weighted by Gasteiger charge is -2.12. The summed E-state index contributed by atoms with van der Waals surface area (Å²) in [6.45, 7) is 0. The van der Waals surface area contributed by atoms with Crippen LogP contribution in [0.15, 0.2) is 29.2 Å². The summed E-state index contributed by atoms with van der Waals surface area (Å²) in [6, 6.07) is 0.567. The maximum absolute atomic E-state index is 12.3. The van der Waals surface area contributed by atoms with Crippen LogP contribution in [-0.4, -0.2) is 32.7 Å². The van der Waals surface area contributed by atoms with Crippen molar-refractivity contribution in [1.29, 1.82) is 0 Å². The van der Waals surface area contributed by atoms with Gasteiger partial charge in [-0.3, -0.25) is 10.6 Å². The van der Waals surface area contributed by atoms with Crippen molar-refractivity contribution in [3.05, 3.63) is 29.8 Å². The number of benzene rings is 1. The summed E-state index contributed by atoms with van der Waals surface area (Å²) in [5, 5.41) is 2.91.